The van der Waals surface area contributed by atoms with Crippen LogP contribution in [0.4, 0.5) is 5.69 Å². The van der Waals surface area contributed by atoms with E-state index in [2.05, 4.69) is 58.4 Å². The summed E-state index contributed by atoms with van der Waals surface area (Å²) in [6.07, 6.45) is 0.628. The third-order valence-corrected chi connectivity index (χ3v) is 7.57. The summed E-state index contributed by atoms with van der Waals surface area (Å²) in [6, 6.07) is 32.4. The molecule has 1 aromatic heterocycles. The minimum Gasteiger partial charge on any atom is -0.356 e. The van der Waals surface area contributed by atoms with Crippen molar-refractivity contribution in [1.82, 2.24) is 9.88 Å². The standard InChI is InChI=1S/C29H21N3OS/c33-28-25-17-22-21-14-6-7-15-23(21)30-26(22)27(19-10-2-1-3-11-19)31(25)29(34)32(28)24-16-8-12-18-9-4-5-13-20(18)24/h1-16,25,27,30H,17H2/t25-,27+/m1/s1. The second-order valence-corrected chi connectivity index (χ2v) is 9.32. The fourth-order valence-corrected chi connectivity index (χ4v) is 6.10. The number of anilines is 1. The highest BCUT2D eigenvalue weighted by molar-refractivity contribution is 7.80. The number of aromatic amines is 1. The van der Waals surface area contributed by atoms with Gasteiger partial charge < -0.3 is 9.88 Å². The van der Waals surface area contributed by atoms with E-state index >= 15 is 0 Å². The lowest BCUT2D eigenvalue weighted by Gasteiger charge is -2.37. The molecule has 1 fully saturated rings. The quantitative estimate of drug-likeness (QED) is 0.331. The van der Waals surface area contributed by atoms with Crippen LogP contribution in [0.25, 0.3) is 21.7 Å². The van der Waals surface area contributed by atoms with Crippen LogP contribution in [0.1, 0.15) is 22.9 Å². The van der Waals surface area contributed by atoms with Gasteiger partial charge in [0.25, 0.3) is 5.91 Å². The van der Waals surface area contributed by atoms with Gasteiger partial charge in [0.1, 0.15) is 6.04 Å². The van der Waals surface area contributed by atoms with Crippen LogP contribution in [-0.4, -0.2) is 26.9 Å². The van der Waals surface area contributed by atoms with E-state index in [4.69, 9.17) is 12.2 Å². The van der Waals surface area contributed by atoms with Crippen LogP contribution in [0.5, 0.6) is 0 Å². The lowest BCUT2D eigenvalue weighted by atomic mass is 9.89. The predicted octanol–water partition coefficient (Wildman–Crippen LogP) is 5.97. The number of benzene rings is 4. The van der Waals surface area contributed by atoms with E-state index in [0.29, 0.717) is 11.5 Å². The molecule has 1 amide bonds. The average molecular weight is 460 g/mol. The minimum absolute atomic E-state index is 0.0400. The Morgan fingerprint density at radius 3 is 2.35 bits per heavy atom. The first-order valence-electron chi connectivity index (χ1n) is 11.5. The van der Waals surface area contributed by atoms with Crippen molar-refractivity contribution in [1.29, 1.82) is 0 Å². The van der Waals surface area contributed by atoms with E-state index in [1.165, 1.54) is 10.9 Å². The molecule has 0 bridgehead atoms. The lowest BCUT2D eigenvalue weighted by Crippen LogP contribution is -2.44. The summed E-state index contributed by atoms with van der Waals surface area (Å²) in [5, 5.41) is 3.86. The largest absolute Gasteiger partial charge is 0.356 e. The first-order valence-corrected chi connectivity index (χ1v) is 11.9. The molecule has 2 atom stereocenters. The summed E-state index contributed by atoms with van der Waals surface area (Å²) in [7, 11) is 0. The Morgan fingerprint density at radius 1 is 0.794 bits per heavy atom. The Morgan fingerprint density at radius 2 is 1.50 bits per heavy atom. The maximum atomic E-state index is 14.0. The molecule has 0 radical (unpaired) electrons. The van der Waals surface area contributed by atoms with Crippen LogP contribution < -0.4 is 4.90 Å². The molecule has 2 aliphatic rings. The van der Waals surface area contributed by atoms with Gasteiger partial charge in [0.05, 0.1) is 11.7 Å². The van der Waals surface area contributed by atoms with Gasteiger partial charge in [0.2, 0.25) is 0 Å². The zero-order chi connectivity index (χ0) is 22.8. The highest BCUT2D eigenvalue weighted by atomic mass is 32.1. The minimum atomic E-state index is -0.344. The normalized spacial score (nSPS) is 19.6. The first kappa shape index (κ1) is 19.5. The highest BCUT2D eigenvalue weighted by Gasteiger charge is 2.51. The van der Waals surface area contributed by atoms with Gasteiger partial charge in [-0.05, 0) is 40.9 Å². The number of rotatable bonds is 2. The summed E-state index contributed by atoms with van der Waals surface area (Å²) in [4.78, 5) is 21.6. The second kappa shape index (κ2) is 7.27. The number of fused-ring (bicyclic) bond motifs is 5. The average Bonchev–Trinajstić information content (AvgIpc) is 3.37. The van der Waals surface area contributed by atoms with E-state index in [1.807, 2.05) is 48.5 Å². The Kier molecular flexibility index (Phi) is 4.17. The highest BCUT2D eigenvalue weighted by Crippen LogP contribution is 2.45. The molecule has 5 aromatic rings. The van der Waals surface area contributed by atoms with E-state index in [0.717, 1.165) is 33.2 Å². The van der Waals surface area contributed by atoms with Gasteiger partial charge in [-0.3, -0.25) is 9.69 Å². The summed E-state index contributed by atoms with van der Waals surface area (Å²) >= 11 is 6.06. The molecule has 0 saturated carbocycles. The van der Waals surface area contributed by atoms with Gasteiger partial charge in [-0.2, -0.15) is 0 Å². The number of amides is 1. The third-order valence-electron chi connectivity index (χ3n) is 7.17. The third kappa shape index (κ3) is 2.65. The van der Waals surface area contributed by atoms with E-state index in [9.17, 15) is 4.79 Å². The molecule has 3 heterocycles. The molecular weight excluding hydrogens is 438 g/mol. The molecule has 0 aliphatic carbocycles. The maximum absolute atomic E-state index is 14.0. The van der Waals surface area contributed by atoms with Crippen LogP contribution in [0.3, 0.4) is 0 Å². The van der Waals surface area contributed by atoms with Gasteiger partial charge in [-0.25, -0.2) is 0 Å². The summed E-state index contributed by atoms with van der Waals surface area (Å²) in [5.41, 5.74) is 5.40. The van der Waals surface area contributed by atoms with Crippen molar-refractivity contribution in [3.8, 4) is 0 Å². The summed E-state index contributed by atoms with van der Waals surface area (Å²) in [6.45, 7) is 0. The van der Waals surface area contributed by atoms with Gasteiger partial charge in [-0.1, -0.05) is 84.9 Å². The van der Waals surface area contributed by atoms with E-state index in [1.54, 1.807) is 4.90 Å². The molecule has 34 heavy (non-hydrogen) atoms. The van der Waals surface area contributed by atoms with Crippen molar-refractivity contribution in [3.63, 3.8) is 0 Å². The van der Waals surface area contributed by atoms with Gasteiger partial charge in [0, 0.05) is 28.4 Å². The molecule has 5 heteroatoms. The van der Waals surface area contributed by atoms with Crippen molar-refractivity contribution < 1.29 is 4.79 Å². The van der Waals surface area contributed by atoms with E-state index in [-0.39, 0.29) is 18.0 Å². The summed E-state index contributed by atoms with van der Waals surface area (Å²) in [5.74, 6) is 0.0400. The molecular formula is C29H21N3OS. The summed E-state index contributed by atoms with van der Waals surface area (Å²) < 4.78 is 0. The second-order valence-electron chi connectivity index (χ2n) is 8.96. The molecule has 164 valence electrons. The van der Waals surface area contributed by atoms with E-state index < -0.39 is 0 Å². The zero-order valence-electron chi connectivity index (χ0n) is 18.3. The first-order chi connectivity index (χ1) is 16.7. The lowest BCUT2D eigenvalue weighted by molar-refractivity contribution is -0.120. The number of carbonyl (C=O) groups is 1. The smallest absolute Gasteiger partial charge is 0.256 e. The molecule has 2 aliphatic heterocycles. The zero-order valence-corrected chi connectivity index (χ0v) is 19.1. The van der Waals surface area contributed by atoms with Gasteiger partial charge >= 0.3 is 0 Å². The fourth-order valence-electron chi connectivity index (χ4n) is 5.68. The predicted molar refractivity (Wildman–Crippen MR) is 140 cm³/mol. The van der Waals surface area contributed by atoms with Crippen LogP contribution >= 0.6 is 12.2 Å². The van der Waals surface area contributed by atoms with Gasteiger partial charge in [-0.15, -0.1) is 0 Å². The molecule has 4 aromatic carbocycles. The maximum Gasteiger partial charge on any atom is 0.256 e. The number of nitrogens with one attached hydrogen (secondary N) is 1. The SMILES string of the molecule is O=C1[C@H]2Cc3c([nH]c4ccccc34)[C@H](c3ccccc3)N2C(=S)N1c1cccc2ccccc12. The number of hydrogen-bond acceptors (Lipinski definition) is 2. The van der Waals surface area contributed by atoms with Crippen molar-refractivity contribution in [2.45, 2.75) is 18.5 Å². The molecule has 1 N–H and O–H groups in total. The van der Waals surface area contributed by atoms with Crippen molar-refractivity contribution in [2.24, 2.45) is 0 Å². The topological polar surface area (TPSA) is 39.3 Å². The molecule has 7 rings (SSSR count). The van der Waals surface area contributed by atoms with Crippen molar-refractivity contribution in [2.75, 3.05) is 4.90 Å². The van der Waals surface area contributed by atoms with Crippen LogP contribution in [0, 0.1) is 0 Å². The number of carbonyl (C=O) groups excluding carboxylic acids is 1. The van der Waals surface area contributed by atoms with Crippen molar-refractivity contribution in [3.05, 3.63) is 114 Å². The number of aromatic nitrogens is 1. The van der Waals surface area contributed by atoms with Crippen LogP contribution in [0.15, 0.2) is 97.1 Å². The molecule has 4 nitrogen and oxygen atoms in total. The Labute approximate surface area is 202 Å². The molecule has 1 saturated heterocycles. The Balaban J connectivity index is 1.44. The number of hydrogen-bond donors (Lipinski definition) is 1. The van der Waals surface area contributed by atoms with Crippen LogP contribution in [0.2, 0.25) is 0 Å². The monoisotopic (exact) mass is 459 g/mol. The number of para-hydroxylation sites is 1. The Hall–Kier alpha value is -3.96. The number of H-pyrrole nitrogens is 1. The molecule has 0 unspecified atom stereocenters. The number of thiocarbonyl (C=S) groups is 1. The number of nitrogens with zero attached hydrogens (tertiary/aromatic N) is 2. The van der Waals surface area contributed by atoms with Crippen molar-refractivity contribution >= 4 is 50.6 Å². The fraction of sp³-hybridized carbons (Fsp3) is 0.103. The molecule has 0 spiro atoms. The Bertz CT molecular complexity index is 1600. The van der Waals surface area contributed by atoms with Crippen LogP contribution in [-0.2, 0) is 11.2 Å². The van der Waals surface area contributed by atoms with Gasteiger partial charge in [0.15, 0.2) is 5.11 Å².